The highest BCUT2D eigenvalue weighted by molar-refractivity contribution is 8.00. The summed E-state index contributed by atoms with van der Waals surface area (Å²) in [6.45, 7) is 2.18. The predicted molar refractivity (Wildman–Crippen MR) is 81.3 cm³/mol. The lowest BCUT2D eigenvalue weighted by atomic mass is 10.2. The molecule has 1 saturated heterocycles. The zero-order valence-electron chi connectivity index (χ0n) is 10.6. The lowest BCUT2D eigenvalue weighted by Gasteiger charge is -2.13. The Hall–Kier alpha value is -0.430. The number of hydrogen-bond donors (Lipinski definition) is 2. The van der Waals surface area contributed by atoms with Gasteiger partial charge < -0.3 is 5.73 Å². The normalized spacial score (nSPS) is 19.8. The molecular weight excluding hydrogens is 304 g/mol. The van der Waals surface area contributed by atoms with Crippen LogP contribution in [0, 0.1) is 6.92 Å². The van der Waals surface area contributed by atoms with Crippen molar-refractivity contribution in [3.05, 3.63) is 22.7 Å². The second-order valence-corrected chi connectivity index (χ2v) is 8.18. The lowest BCUT2D eigenvalue weighted by molar-refractivity contribution is 0.578. The van der Waals surface area contributed by atoms with Gasteiger partial charge in [0.1, 0.15) is 0 Å². The monoisotopic (exact) mass is 320 g/mol. The van der Waals surface area contributed by atoms with Crippen molar-refractivity contribution < 1.29 is 8.42 Å². The van der Waals surface area contributed by atoms with Crippen molar-refractivity contribution >= 4 is 39.1 Å². The third-order valence-corrected chi connectivity index (χ3v) is 6.40. The first kappa shape index (κ1) is 15.0. The molecule has 7 heteroatoms. The molecule has 1 aromatic carbocycles. The average Bonchev–Trinajstić information content (AvgIpc) is 2.84. The highest BCUT2D eigenvalue weighted by atomic mass is 35.5. The molecule has 0 aliphatic carbocycles. The maximum absolute atomic E-state index is 12.3. The van der Waals surface area contributed by atoms with E-state index in [0.29, 0.717) is 22.4 Å². The number of halogens is 1. The van der Waals surface area contributed by atoms with Crippen molar-refractivity contribution in [2.45, 2.75) is 29.9 Å². The number of nitrogens with two attached hydrogens (primary N) is 1. The second-order valence-electron chi connectivity index (χ2n) is 4.63. The Morgan fingerprint density at radius 2 is 2.26 bits per heavy atom. The van der Waals surface area contributed by atoms with Gasteiger partial charge in [0.25, 0.3) is 0 Å². The van der Waals surface area contributed by atoms with E-state index < -0.39 is 10.0 Å². The van der Waals surface area contributed by atoms with Crippen molar-refractivity contribution in [2.24, 2.45) is 0 Å². The van der Waals surface area contributed by atoms with E-state index in [1.807, 2.05) is 11.8 Å². The molecule has 1 atom stereocenters. The molecule has 1 aliphatic rings. The van der Waals surface area contributed by atoms with Crippen molar-refractivity contribution in [3.63, 3.8) is 0 Å². The summed E-state index contributed by atoms with van der Waals surface area (Å²) in [5.74, 6) is 1.11. The quantitative estimate of drug-likeness (QED) is 0.836. The number of aryl methyl sites for hydroxylation is 1. The first-order valence-corrected chi connectivity index (χ1v) is 8.98. The molecule has 0 saturated carbocycles. The molecule has 2 rings (SSSR count). The zero-order chi connectivity index (χ0) is 14.0. The first-order valence-electron chi connectivity index (χ1n) is 6.07. The topological polar surface area (TPSA) is 72.2 Å². The van der Waals surface area contributed by atoms with Crippen LogP contribution in [0.3, 0.4) is 0 Å². The number of rotatable bonds is 4. The van der Waals surface area contributed by atoms with Crippen LogP contribution in [0.2, 0.25) is 5.02 Å². The maximum atomic E-state index is 12.3. The van der Waals surface area contributed by atoms with E-state index in [4.69, 9.17) is 17.3 Å². The van der Waals surface area contributed by atoms with Crippen LogP contribution in [0.5, 0.6) is 0 Å². The molecule has 1 aromatic rings. The fourth-order valence-electron chi connectivity index (χ4n) is 2.04. The predicted octanol–water partition coefficient (Wildman–Crippen LogP) is 2.40. The second kappa shape index (κ2) is 5.91. The van der Waals surface area contributed by atoms with Crippen LogP contribution in [-0.2, 0) is 10.0 Å². The van der Waals surface area contributed by atoms with E-state index in [9.17, 15) is 8.42 Å². The maximum Gasteiger partial charge on any atom is 0.240 e. The summed E-state index contributed by atoms with van der Waals surface area (Å²) in [6.07, 6.45) is 2.22. The van der Waals surface area contributed by atoms with Crippen molar-refractivity contribution in [3.8, 4) is 0 Å². The minimum Gasteiger partial charge on any atom is -0.397 e. The average molecular weight is 321 g/mol. The fraction of sp³-hybridized carbons (Fsp3) is 0.500. The van der Waals surface area contributed by atoms with Gasteiger partial charge in [-0.1, -0.05) is 11.6 Å². The van der Waals surface area contributed by atoms with Crippen molar-refractivity contribution in [2.75, 3.05) is 18.0 Å². The number of anilines is 1. The van der Waals surface area contributed by atoms with Crippen molar-refractivity contribution in [1.82, 2.24) is 4.72 Å². The van der Waals surface area contributed by atoms with Gasteiger partial charge >= 0.3 is 0 Å². The number of benzene rings is 1. The van der Waals surface area contributed by atoms with Gasteiger partial charge in [-0.2, -0.15) is 11.8 Å². The first-order chi connectivity index (χ1) is 8.90. The molecule has 1 heterocycles. The largest absolute Gasteiger partial charge is 0.397 e. The Morgan fingerprint density at radius 1 is 1.53 bits per heavy atom. The van der Waals surface area contributed by atoms with Gasteiger partial charge in [-0.15, -0.1) is 0 Å². The molecule has 0 radical (unpaired) electrons. The third-order valence-electron chi connectivity index (χ3n) is 3.11. The number of thioether (sulfide) groups is 1. The van der Waals surface area contributed by atoms with Crippen LogP contribution in [0.25, 0.3) is 0 Å². The molecule has 0 aromatic heterocycles. The van der Waals surface area contributed by atoms with Gasteiger partial charge in [0.05, 0.1) is 15.6 Å². The summed E-state index contributed by atoms with van der Waals surface area (Å²) in [5.41, 5.74) is 6.56. The zero-order valence-corrected chi connectivity index (χ0v) is 13.0. The highest BCUT2D eigenvalue weighted by Crippen LogP contribution is 2.28. The van der Waals surface area contributed by atoms with Gasteiger partial charge in [-0.25, -0.2) is 13.1 Å². The van der Waals surface area contributed by atoms with E-state index in [1.54, 1.807) is 13.0 Å². The van der Waals surface area contributed by atoms with Gasteiger partial charge in [-0.3, -0.25) is 0 Å². The molecule has 1 aliphatic heterocycles. The van der Waals surface area contributed by atoms with E-state index in [0.717, 1.165) is 18.6 Å². The minimum atomic E-state index is -3.52. The SMILES string of the molecule is Cc1cc(Cl)c(N)cc1S(=O)(=O)NCC1CCCS1. The molecule has 0 amide bonds. The highest BCUT2D eigenvalue weighted by Gasteiger charge is 2.22. The molecule has 0 spiro atoms. The smallest absolute Gasteiger partial charge is 0.240 e. The summed E-state index contributed by atoms with van der Waals surface area (Å²) in [7, 11) is -3.52. The number of nitrogens with one attached hydrogen (secondary N) is 1. The minimum absolute atomic E-state index is 0.206. The standard InChI is InChI=1S/C12H17ClN2O2S2/c1-8-5-10(13)11(14)6-12(8)19(16,17)15-7-9-3-2-4-18-9/h5-6,9,15H,2-4,7,14H2,1H3. The summed E-state index contributed by atoms with van der Waals surface area (Å²) in [4.78, 5) is 0.206. The number of hydrogen-bond acceptors (Lipinski definition) is 4. The van der Waals surface area contributed by atoms with Gasteiger partial charge in [0, 0.05) is 11.8 Å². The van der Waals surface area contributed by atoms with Crippen LogP contribution >= 0.6 is 23.4 Å². The third kappa shape index (κ3) is 3.56. The molecule has 19 heavy (non-hydrogen) atoms. The molecule has 0 bridgehead atoms. The summed E-state index contributed by atoms with van der Waals surface area (Å²) >= 11 is 7.69. The van der Waals surface area contributed by atoms with E-state index in [2.05, 4.69) is 4.72 Å². The molecule has 1 fully saturated rings. The van der Waals surface area contributed by atoms with E-state index in [-0.39, 0.29) is 10.6 Å². The Kier molecular flexibility index (Phi) is 4.66. The number of sulfonamides is 1. The fourth-order valence-corrected chi connectivity index (χ4v) is 4.91. The van der Waals surface area contributed by atoms with Crippen LogP contribution in [0.1, 0.15) is 18.4 Å². The summed E-state index contributed by atoms with van der Waals surface area (Å²) in [5, 5.41) is 0.752. The van der Waals surface area contributed by atoms with E-state index in [1.165, 1.54) is 6.07 Å². The Morgan fingerprint density at radius 3 is 2.89 bits per heavy atom. The Labute approximate surface area is 123 Å². The van der Waals surface area contributed by atoms with Crippen molar-refractivity contribution in [1.29, 1.82) is 0 Å². The van der Waals surface area contributed by atoms with Gasteiger partial charge in [0.2, 0.25) is 10.0 Å². The molecule has 1 unspecified atom stereocenters. The lowest BCUT2D eigenvalue weighted by Crippen LogP contribution is -2.30. The summed E-state index contributed by atoms with van der Waals surface area (Å²) < 4.78 is 27.2. The molecule has 106 valence electrons. The van der Waals surface area contributed by atoms with Gasteiger partial charge in [0.15, 0.2) is 0 Å². The van der Waals surface area contributed by atoms with Crippen LogP contribution in [0.4, 0.5) is 5.69 Å². The van der Waals surface area contributed by atoms with Crippen LogP contribution in [0.15, 0.2) is 17.0 Å². The van der Waals surface area contributed by atoms with Crippen LogP contribution < -0.4 is 10.5 Å². The Balaban J connectivity index is 2.16. The van der Waals surface area contributed by atoms with E-state index >= 15 is 0 Å². The summed E-state index contributed by atoms with van der Waals surface area (Å²) in [6, 6.07) is 3.00. The molecule has 4 nitrogen and oxygen atoms in total. The molecule has 3 N–H and O–H groups in total. The van der Waals surface area contributed by atoms with Gasteiger partial charge in [-0.05, 0) is 43.2 Å². The van der Waals surface area contributed by atoms with Crippen LogP contribution in [-0.4, -0.2) is 26.0 Å². The Bertz CT molecular complexity index is 569. The number of nitrogen functional groups attached to an aromatic ring is 1. The molecular formula is C12H17ClN2O2S2.